The molecule has 0 rings (SSSR count). The molecule has 0 aliphatic carbocycles. The van der Waals surface area contributed by atoms with Crippen LogP contribution in [0, 0.1) is 11.8 Å². The maximum atomic E-state index is 6.25. The predicted molar refractivity (Wildman–Crippen MR) is 64.1 cm³/mol. The Bertz CT molecular complexity index is 121. The predicted octanol–water partition coefficient (Wildman–Crippen LogP) is 2.51. The van der Waals surface area contributed by atoms with Gasteiger partial charge in [-0.25, -0.2) is 0 Å². The van der Waals surface area contributed by atoms with Crippen molar-refractivity contribution in [3.8, 4) is 0 Å². The van der Waals surface area contributed by atoms with Crippen LogP contribution in [0.25, 0.3) is 0 Å². The van der Waals surface area contributed by atoms with Crippen molar-refractivity contribution in [1.82, 2.24) is 0 Å². The normalized spacial score (nSPS) is 17.8. The van der Waals surface area contributed by atoms with E-state index < -0.39 is 0 Å². The van der Waals surface area contributed by atoms with Gasteiger partial charge in [0.25, 0.3) is 0 Å². The van der Waals surface area contributed by atoms with Crippen LogP contribution >= 0.6 is 0 Å². The van der Waals surface area contributed by atoms with E-state index in [1.807, 2.05) is 0 Å². The lowest BCUT2D eigenvalue weighted by atomic mass is 9.83. The average Bonchev–Trinajstić information content (AvgIpc) is 2.21. The summed E-state index contributed by atoms with van der Waals surface area (Å²) in [6.45, 7) is 7.39. The smallest absolute Gasteiger partial charge is 0.0107 e. The van der Waals surface area contributed by atoms with E-state index in [2.05, 4.69) is 20.8 Å². The Morgan fingerprint density at radius 1 is 1.00 bits per heavy atom. The molecule has 14 heavy (non-hydrogen) atoms. The molecule has 0 aliphatic heterocycles. The molecule has 0 aromatic carbocycles. The van der Waals surface area contributed by atoms with Crippen LogP contribution in [0.3, 0.4) is 0 Å². The van der Waals surface area contributed by atoms with Crippen molar-refractivity contribution in [2.75, 3.05) is 6.54 Å². The van der Waals surface area contributed by atoms with E-state index in [1.54, 1.807) is 0 Å². The van der Waals surface area contributed by atoms with Crippen LogP contribution in [-0.4, -0.2) is 12.6 Å². The van der Waals surface area contributed by atoms with Crippen LogP contribution in [-0.2, 0) is 0 Å². The van der Waals surface area contributed by atoms with Crippen molar-refractivity contribution < 1.29 is 0 Å². The van der Waals surface area contributed by atoms with Crippen LogP contribution in [0.2, 0.25) is 0 Å². The molecule has 0 aliphatic rings. The highest BCUT2D eigenvalue weighted by molar-refractivity contribution is 4.79. The zero-order chi connectivity index (χ0) is 11.0. The second-order valence-electron chi connectivity index (χ2n) is 4.29. The van der Waals surface area contributed by atoms with E-state index in [-0.39, 0.29) is 0 Å². The lowest BCUT2D eigenvalue weighted by Gasteiger charge is -2.29. The van der Waals surface area contributed by atoms with Crippen molar-refractivity contribution in [1.29, 1.82) is 0 Å². The summed E-state index contributed by atoms with van der Waals surface area (Å²) in [4.78, 5) is 0. The summed E-state index contributed by atoms with van der Waals surface area (Å²) in [5.41, 5.74) is 12.0. The minimum atomic E-state index is 0.307. The second kappa shape index (κ2) is 8.25. The largest absolute Gasteiger partial charge is 0.330 e. The first-order chi connectivity index (χ1) is 6.71. The summed E-state index contributed by atoms with van der Waals surface area (Å²) in [5.74, 6) is 1.18. The van der Waals surface area contributed by atoms with Gasteiger partial charge in [-0.15, -0.1) is 0 Å². The van der Waals surface area contributed by atoms with Gasteiger partial charge < -0.3 is 11.5 Å². The SMILES string of the molecule is CCCCC(CC)C(N)C(CC)CN. The molecule has 0 spiro atoms. The van der Waals surface area contributed by atoms with Crippen molar-refractivity contribution in [2.45, 2.75) is 58.9 Å². The second-order valence-corrected chi connectivity index (χ2v) is 4.29. The first kappa shape index (κ1) is 13.9. The highest BCUT2D eigenvalue weighted by atomic mass is 14.7. The molecule has 3 atom stereocenters. The third-order valence-electron chi connectivity index (χ3n) is 3.37. The van der Waals surface area contributed by atoms with Crippen LogP contribution in [0.5, 0.6) is 0 Å². The zero-order valence-electron chi connectivity index (χ0n) is 10.1. The van der Waals surface area contributed by atoms with Crippen LogP contribution in [0.4, 0.5) is 0 Å². The Balaban J connectivity index is 4.06. The Morgan fingerprint density at radius 3 is 1.93 bits per heavy atom. The van der Waals surface area contributed by atoms with E-state index in [0.29, 0.717) is 17.9 Å². The molecule has 0 saturated carbocycles. The third-order valence-corrected chi connectivity index (χ3v) is 3.37. The van der Waals surface area contributed by atoms with Gasteiger partial charge in [-0.05, 0) is 24.8 Å². The van der Waals surface area contributed by atoms with Gasteiger partial charge in [-0.3, -0.25) is 0 Å². The molecule has 0 heterocycles. The highest BCUT2D eigenvalue weighted by Crippen LogP contribution is 2.21. The van der Waals surface area contributed by atoms with Gasteiger partial charge in [0.05, 0.1) is 0 Å². The first-order valence-electron chi connectivity index (χ1n) is 6.16. The van der Waals surface area contributed by atoms with Gasteiger partial charge in [-0.2, -0.15) is 0 Å². The molecule has 2 heteroatoms. The molecule has 2 nitrogen and oxygen atoms in total. The quantitative estimate of drug-likeness (QED) is 0.632. The Kier molecular flexibility index (Phi) is 8.20. The number of hydrogen-bond donors (Lipinski definition) is 2. The van der Waals surface area contributed by atoms with E-state index in [4.69, 9.17) is 11.5 Å². The van der Waals surface area contributed by atoms with Gasteiger partial charge in [-0.1, -0.05) is 46.5 Å². The van der Waals surface area contributed by atoms with Crippen LogP contribution < -0.4 is 11.5 Å². The van der Waals surface area contributed by atoms with Gasteiger partial charge >= 0.3 is 0 Å². The number of unbranched alkanes of at least 4 members (excludes halogenated alkanes) is 1. The molecule has 0 saturated heterocycles. The molecule has 0 aromatic heterocycles. The van der Waals surface area contributed by atoms with Gasteiger partial charge in [0.15, 0.2) is 0 Å². The summed E-state index contributed by atoms with van der Waals surface area (Å²) in [5, 5.41) is 0. The van der Waals surface area contributed by atoms with Crippen molar-refractivity contribution >= 4 is 0 Å². The Labute approximate surface area is 89.4 Å². The maximum Gasteiger partial charge on any atom is 0.0107 e. The number of nitrogens with two attached hydrogens (primary N) is 2. The summed E-state index contributed by atoms with van der Waals surface area (Å²) in [7, 11) is 0. The summed E-state index contributed by atoms with van der Waals surface area (Å²) < 4.78 is 0. The van der Waals surface area contributed by atoms with E-state index in [1.165, 1.54) is 25.7 Å². The van der Waals surface area contributed by atoms with Gasteiger partial charge in [0.1, 0.15) is 0 Å². The van der Waals surface area contributed by atoms with Crippen LogP contribution in [0.1, 0.15) is 52.9 Å². The van der Waals surface area contributed by atoms with Gasteiger partial charge in [0.2, 0.25) is 0 Å². The summed E-state index contributed by atoms with van der Waals surface area (Å²) >= 11 is 0. The fraction of sp³-hybridized carbons (Fsp3) is 1.00. The van der Waals surface area contributed by atoms with Gasteiger partial charge in [0, 0.05) is 6.04 Å². The minimum absolute atomic E-state index is 0.307. The molecular formula is C12H28N2. The monoisotopic (exact) mass is 200 g/mol. The van der Waals surface area contributed by atoms with E-state index in [0.717, 1.165) is 13.0 Å². The fourth-order valence-electron chi connectivity index (χ4n) is 2.12. The molecular weight excluding hydrogens is 172 g/mol. The lowest BCUT2D eigenvalue weighted by Crippen LogP contribution is -2.40. The van der Waals surface area contributed by atoms with E-state index >= 15 is 0 Å². The van der Waals surface area contributed by atoms with E-state index in [9.17, 15) is 0 Å². The van der Waals surface area contributed by atoms with Crippen molar-refractivity contribution in [3.63, 3.8) is 0 Å². The molecule has 0 fully saturated rings. The number of hydrogen-bond acceptors (Lipinski definition) is 2. The molecule has 86 valence electrons. The molecule has 3 unspecified atom stereocenters. The third kappa shape index (κ3) is 4.43. The topological polar surface area (TPSA) is 52.0 Å². The Morgan fingerprint density at radius 2 is 1.57 bits per heavy atom. The number of rotatable bonds is 8. The first-order valence-corrected chi connectivity index (χ1v) is 6.16. The average molecular weight is 200 g/mol. The Hall–Kier alpha value is -0.0800. The lowest BCUT2D eigenvalue weighted by molar-refractivity contribution is 0.280. The standard InChI is InChI=1S/C12H28N2/c1-4-7-8-10(5-2)12(14)11(6-3)9-13/h10-12H,4-9,13-14H2,1-3H3. The fourth-order valence-corrected chi connectivity index (χ4v) is 2.12. The zero-order valence-corrected chi connectivity index (χ0v) is 10.1. The van der Waals surface area contributed by atoms with Crippen LogP contribution in [0.15, 0.2) is 0 Å². The summed E-state index contributed by atoms with van der Waals surface area (Å²) in [6.07, 6.45) is 6.14. The van der Waals surface area contributed by atoms with Crippen molar-refractivity contribution in [2.24, 2.45) is 23.3 Å². The minimum Gasteiger partial charge on any atom is -0.330 e. The molecule has 0 aromatic rings. The molecule has 0 bridgehead atoms. The molecule has 0 radical (unpaired) electrons. The summed E-state index contributed by atoms with van der Waals surface area (Å²) in [6, 6.07) is 0.307. The molecule has 0 amide bonds. The van der Waals surface area contributed by atoms with Crippen molar-refractivity contribution in [3.05, 3.63) is 0 Å². The molecule has 4 N–H and O–H groups in total. The maximum absolute atomic E-state index is 6.25. The highest BCUT2D eigenvalue weighted by Gasteiger charge is 2.22.